The maximum atomic E-state index is 13.1. The normalized spacial score (nSPS) is 10.2. The number of thiophene rings is 1. The Morgan fingerprint density at radius 1 is 1.42 bits per heavy atom. The zero-order valence-electron chi connectivity index (χ0n) is 9.63. The van der Waals surface area contributed by atoms with Crippen LogP contribution in [0.25, 0.3) is 0 Å². The quantitative estimate of drug-likeness (QED) is 0.691. The number of carbonyl (C=O) groups excluding carboxylic acids is 1. The average molecular weight is 280 g/mol. The van der Waals surface area contributed by atoms with Crippen molar-refractivity contribution in [2.24, 2.45) is 0 Å². The minimum atomic E-state index is -0.666. The first-order valence-corrected chi connectivity index (χ1v) is 6.20. The molecule has 0 radical (unpaired) electrons. The monoisotopic (exact) mass is 280 g/mol. The molecule has 2 rings (SSSR count). The number of halogens is 1. The maximum absolute atomic E-state index is 13.1. The fourth-order valence-electron chi connectivity index (χ4n) is 1.53. The van der Waals surface area contributed by atoms with Gasteiger partial charge in [-0.2, -0.15) is 0 Å². The molecule has 19 heavy (non-hydrogen) atoms. The third-order valence-corrected chi connectivity index (χ3v) is 3.22. The van der Waals surface area contributed by atoms with Gasteiger partial charge in [-0.3, -0.25) is 14.9 Å². The molecule has 0 aliphatic rings. The van der Waals surface area contributed by atoms with Gasteiger partial charge in [-0.1, -0.05) is 6.07 Å². The highest BCUT2D eigenvalue weighted by molar-refractivity contribution is 7.10. The topological polar surface area (TPSA) is 72.2 Å². The van der Waals surface area contributed by atoms with Crippen LogP contribution in [0, 0.1) is 15.9 Å². The number of nitrogens with zero attached hydrogens (tertiary/aromatic N) is 1. The maximum Gasteiger partial charge on any atom is 0.292 e. The SMILES string of the molecule is O=C(Cc1cccs1)Nc1cc(F)ccc1[N+](=O)[O-]. The molecule has 2 aromatic rings. The van der Waals surface area contributed by atoms with E-state index in [0.29, 0.717) is 0 Å². The summed E-state index contributed by atoms with van der Waals surface area (Å²) in [5, 5.41) is 14.9. The third kappa shape index (κ3) is 3.35. The molecule has 0 aliphatic carbocycles. The molecule has 0 bridgehead atoms. The number of hydrogen-bond donors (Lipinski definition) is 1. The summed E-state index contributed by atoms with van der Waals surface area (Å²) in [4.78, 5) is 22.6. The number of nitro groups is 1. The van der Waals surface area contributed by atoms with Crippen LogP contribution >= 0.6 is 11.3 Å². The van der Waals surface area contributed by atoms with E-state index < -0.39 is 16.6 Å². The molecule has 1 amide bonds. The fourth-order valence-corrected chi connectivity index (χ4v) is 2.24. The Morgan fingerprint density at radius 3 is 2.84 bits per heavy atom. The molecule has 1 heterocycles. The van der Waals surface area contributed by atoms with E-state index in [1.54, 1.807) is 12.1 Å². The van der Waals surface area contributed by atoms with Gasteiger partial charge in [0, 0.05) is 17.0 Å². The standard InChI is InChI=1S/C12H9FN2O3S/c13-8-3-4-11(15(17)18)10(6-8)14-12(16)7-9-2-1-5-19-9/h1-6H,7H2,(H,14,16). The Kier molecular flexibility index (Phi) is 3.86. The molecule has 0 fully saturated rings. The van der Waals surface area contributed by atoms with E-state index in [0.717, 1.165) is 23.1 Å². The Hall–Kier alpha value is -2.28. The van der Waals surface area contributed by atoms with Crippen molar-refractivity contribution in [1.29, 1.82) is 0 Å². The molecule has 5 nitrogen and oxygen atoms in total. The Labute approximate surface area is 111 Å². The summed E-state index contributed by atoms with van der Waals surface area (Å²) in [6, 6.07) is 6.52. The third-order valence-electron chi connectivity index (χ3n) is 2.34. The minimum Gasteiger partial charge on any atom is -0.320 e. The summed E-state index contributed by atoms with van der Waals surface area (Å²) < 4.78 is 13.1. The van der Waals surface area contributed by atoms with Crippen molar-refractivity contribution in [3.05, 3.63) is 56.5 Å². The van der Waals surface area contributed by atoms with Gasteiger partial charge >= 0.3 is 0 Å². The molecular weight excluding hydrogens is 271 g/mol. The van der Waals surface area contributed by atoms with Crippen LogP contribution in [0.5, 0.6) is 0 Å². The molecular formula is C12H9FN2O3S. The van der Waals surface area contributed by atoms with Gasteiger partial charge in [0.25, 0.3) is 5.69 Å². The first-order valence-electron chi connectivity index (χ1n) is 5.32. The van der Waals surface area contributed by atoms with E-state index in [1.807, 2.05) is 5.38 Å². The summed E-state index contributed by atoms with van der Waals surface area (Å²) in [6.45, 7) is 0. The molecule has 98 valence electrons. The van der Waals surface area contributed by atoms with Crippen LogP contribution in [0.2, 0.25) is 0 Å². The molecule has 0 saturated heterocycles. The Balaban J connectivity index is 2.16. The molecule has 1 aromatic carbocycles. The smallest absolute Gasteiger partial charge is 0.292 e. The lowest BCUT2D eigenvalue weighted by Crippen LogP contribution is -2.15. The van der Waals surface area contributed by atoms with Crippen LogP contribution < -0.4 is 5.32 Å². The van der Waals surface area contributed by atoms with Crippen molar-refractivity contribution in [2.45, 2.75) is 6.42 Å². The van der Waals surface area contributed by atoms with Gasteiger partial charge < -0.3 is 5.32 Å². The lowest BCUT2D eigenvalue weighted by molar-refractivity contribution is -0.384. The van der Waals surface area contributed by atoms with Crippen LogP contribution in [0.3, 0.4) is 0 Å². The number of carbonyl (C=O) groups is 1. The van der Waals surface area contributed by atoms with E-state index in [-0.39, 0.29) is 17.8 Å². The van der Waals surface area contributed by atoms with Gasteiger partial charge in [0.1, 0.15) is 11.5 Å². The van der Waals surface area contributed by atoms with E-state index in [1.165, 1.54) is 11.3 Å². The van der Waals surface area contributed by atoms with Crippen LogP contribution in [-0.4, -0.2) is 10.8 Å². The van der Waals surface area contributed by atoms with E-state index >= 15 is 0 Å². The number of nitrogens with one attached hydrogen (secondary N) is 1. The lowest BCUT2D eigenvalue weighted by Gasteiger charge is -2.05. The van der Waals surface area contributed by atoms with Crippen LogP contribution in [0.4, 0.5) is 15.8 Å². The van der Waals surface area contributed by atoms with Crippen molar-refractivity contribution >= 4 is 28.6 Å². The van der Waals surface area contributed by atoms with Crippen LogP contribution in [-0.2, 0) is 11.2 Å². The van der Waals surface area contributed by atoms with Gasteiger partial charge in [0.15, 0.2) is 0 Å². The highest BCUT2D eigenvalue weighted by Crippen LogP contribution is 2.25. The molecule has 0 aliphatic heterocycles. The lowest BCUT2D eigenvalue weighted by atomic mass is 10.2. The molecule has 7 heteroatoms. The molecule has 0 unspecified atom stereocenters. The summed E-state index contributed by atoms with van der Waals surface area (Å²) in [5.74, 6) is -1.06. The summed E-state index contributed by atoms with van der Waals surface area (Å²) >= 11 is 1.41. The molecule has 1 N–H and O–H groups in total. The first kappa shape index (κ1) is 13.2. The number of nitro benzene ring substituents is 1. The molecule has 1 aromatic heterocycles. The van der Waals surface area contributed by atoms with Gasteiger partial charge in [0.05, 0.1) is 11.3 Å². The predicted molar refractivity (Wildman–Crippen MR) is 69.7 cm³/mol. The highest BCUT2D eigenvalue weighted by atomic mass is 32.1. The number of rotatable bonds is 4. The van der Waals surface area contributed by atoms with Gasteiger partial charge in [0.2, 0.25) is 5.91 Å². The molecule has 0 saturated carbocycles. The summed E-state index contributed by atoms with van der Waals surface area (Å²) in [5.41, 5.74) is -0.465. The number of benzene rings is 1. The van der Waals surface area contributed by atoms with Gasteiger partial charge in [-0.15, -0.1) is 11.3 Å². The van der Waals surface area contributed by atoms with Gasteiger partial charge in [-0.25, -0.2) is 4.39 Å². The summed E-state index contributed by atoms with van der Waals surface area (Å²) in [6.07, 6.45) is 0.103. The van der Waals surface area contributed by atoms with Gasteiger partial charge in [-0.05, 0) is 17.5 Å². The summed E-state index contributed by atoms with van der Waals surface area (Å²) in [7, 11) is 0. The van der Waals surface area contributed by atoms with E-state index in [9.17, 15) is 19.3 Å². The Morgan fingerprint density at radius 2 is 2.21 bits per heavy atom. The number of amides is 1. The van der Waals surface area contributed by atoms with Crippen molar-refractivity contribution in [3.8, 4) is 0 Å². The zero-order valence-corrected chi connectivity index (χ0v) is 10.4. The largest absolute Gasteiger partial charge is 0.320 e. The molecule has 0 spiro atoms. The first-order chi connectivity index (χ1) is 9.06. The predicted octanol–water partition coefficient (Wildman–Crippen LogP) is 2.98. The highest BCUT2D eigenvalue weighted by Gasteiger charge is 2.16. The van der Waals surface area contributed by atoms with Crippen molar-refractivity contribution in [2.75, 3.05) is 5.32 Å². The number of anilines is 1. The molecule has 0 atom stereocenters. The Bertz CT molecular complexity index is 613. The number of hydrogen-bond acceptors (Lipinski definition) is 4. The van der Waals surface area contributed by atoms with Crippen molar-refractivity contribution < 1.29 is 14.1 Å². The van der Waals surface area contributed by atoms with Crippen molar-refractivity contribution in [3.63, 3.8) is 0 Å². The fraction of sp³-hybridized carbons (Fsp3) is 0.0833. The second-order valence-corrected chi connectivity index (χ2v) is 4.76. The van der Waals surface area contributed by atoms with Crippen LogP contribution in [0.1, 0.15) is 4.88 Å². The average Bonchev–Trinajstić information content (AvgIpc) is 2.81. The van der Waals surface area contributed by atoms with Crippen molar-refractivity contribution in [1.82, 2.24) is 0 Å². The zero-order chi connectivity index (χ0) is 13.8. The second kappa shape index (κ2) is 5.57. The minimum absolute atomic E-state index is 0.103. The van der Waals surface area contributed by atoms with E-state index in [4.69, 9.17) is 0 Å². The second-order valence-electron chi connectivity index (χ2n) is 3.72. The van der Waals surface area contributed by atoms with E-state index in [2.05, 4.69) is 5.32 Å². The van der Waals surface area contributed by atoms with Crippen LogP contribution in [0.15, 0.2) is 35.7 Å².